The molecule has 1 N–H and O–H groups in total. The van der Waals surface area contributed by atoms with Gasteiger partial charge in [-0.15, -0.1) is 0 Å². The molecule has 1 fully saturated rings. The average molecular weight is 341 g/mol. The van der Waals surface area contributed by atoms with E-state index in [9.17, 15) is 0 Å². The van der Waals surface area contributed by atoms with E-state index in [0.717, 1.165) is 41.1 Å². The van der Waals surface area contributed by atoms with Gasteiger partial charge in [0.05, 0.1) is 16.3 Å². The van der Waals surface area contributed by atoms with Crippen LogP contribution in [0.2, 0.25) is 0 Å². The summed E-state index contributed by atoms with van der Waals surface area (Å²) in [5, 5.41) is 4.48. The van der Waals surface area contributed by atoms with Crippen LogP contribution >= 0.6 is 27.3 Å². The molecule has 0 radical (unpaired) electrons. The van der Waals surface area contributed by atoms with E-state index >= 15 is 0 Å². The zero-order valence-corrected chi connectivity index (χ0v) is 13.3. The minimum atomic E-state index is 0.413. The van der Waals surface area contributed by atoms with Crippen LogP contribution in [0.25, 0.3) is 10.2 Å². The Hall–Kier alpha value is -0.650. The van der Waals surface area contributed by atoms with E-state index in [-0.39, 0.29) is 0 Å². The molecule has 0 saturated carbocycles. The standard InChI is InChI=1S/C14H17BrN2OS/c1-2-12-9(5-6-18-12)8-16-14-17-11-7-10(15)3-4-13(11)19-14/h3-4,7,9,12H,2,5-6,8H2,1H3,(H,16,17). The predicted octanol–water partition coefficient (Wildman–Crippen LogP) is 4.29. The highest BCUT2D eigenvalue weighted by atomic mass is 79.9. The van der Waals surface area contributed by atoms with E-state index < -0.39 is 0 Å². The maximum Gasteiger partial charge on any atom is 0.183 e. The lowest BCUT2D eigenvalue weighted by atomic mass is 10.00. The number of nitrogens with one attached hydrogen (secondary N) is 1. The third kappa shape index (κ3) is 2.93. The molecule has 0 spiro atoms. The van der Waals surface area contributed by atoms with E-state index in [0.29, 0.717) is 12.0 Å². The zero-order valence-electron chi connectivity index (χ0n) is 10.9. The molecular formula is C14H17BrN2OS. The van der Waals surface area contributed by atoms with Crippen molar-refractivity contribution in [3.8, 4) is 0 Å². The second-order valence-corrected chi connectivity index (χ2v) is 6.82. The van der Waals surface area contributed by atoms with Crippen molar-refractivity contribution in [1.29, 1.82) is 0 Å². The predicted molar refractivity (Wildman–Crippen MR) is 83.9 cm³/mol. The van der Waals surface area contributed by atoms with Gasteiger partial charge in [0.2, 0.25) is 0 Å². The summed E-state index contributed by atoms with van der Waals surface area (Å²) in [6.45, 7) is 4.05. The maximum absolute atomic E-state index is 5.71. The number of benzene rings is 1. The molecule has 19 heavy (non-hydrogen) atoms. The van der Waals surface area contributed by atoms with Crippen molar-refractivity contribution in [1.82, 2.24) is 4.98 Å². The van der Waals surface area contributed by atoms with Gasteiger partial charge in [-0.05, 0) is 31.0 Å². The van der Waals surface area contributed by atoms with Crippen LogP contribution in [0.15, 0.2) is 22.7 Å². The Labute approximate surface area is 125 Å². The molecule has 1 aromatic heterocycles. The molecule has 102 valence electrons. The van der Waals surface area contributed by atoms with Crippen molar-refractivity contribution < 1.29 is 4.74 Å². The minimum absolute atomic E-state index is 0.413. The molecule has 0 amide bonds. The van der Waals surface area contributed by atoms with Gasteiger partial charge in [0.15, 0.2) is 5.13 Å². The van der Waals surface area contributed by atoms with Gasteiger partial charge < -0.3 is 10.1 Å². The summed E-state index contributed by atoms with van der Waals surface area (Å²) in [6.07, 6.45) is 2.66. The van der Waals surface area contributed by atoms with Gasteiger partial charge >= 0.3 is 0 Å². The molecule has 0 aliphatic carbocycles. The zero-order chi connectivity index (χ0) is 13.2. The first kappa shape index (κ1) is 13.3. The molecule has 2 unspecified atom stereocenters. The van der Waals surface area contributed by atoms with Crippen LogP contribution < -0.4 is 5.32 Å². The van der Waals surface area contributed by atoms with Gasteiger partial charge in [-0.2, -0.15) is 0 Å². The van der Waals surface area contributed by atoms with Crippen molar-refractivity contribution in [2.75, 3.05) is 18.5 Å². The third-order valence-electron chi connectivity index (χ3n) is 3.61. The summed E-state index contributed by atoms with van der Waals surface area (Å²) < 4.78 is 8.01. The first-order chi connectivity index (χ1) is 9.26. The number of halogens is 1. The Morgan fingerprint density at radius 1 is 1.53 bits per heavy atom. The highest BCUT2D eigenvalue weighted by molar-refractivity contribution is 9.10. The van der Waals surface area contributed by atoms with Gasteiger partial charge in [0, 0.05) is 23.5 Å². The number of hydrogen-bond donors (Lipinski definition) is 1. The second-order valence-electron chi connectivity index (χ2n) is 4.88. The number of aromatic nitrogens is 1. The summed E-state index contributed by atoms with van der Waals surface area (Å²) in [4.78, 5) is 4.62. The molecule has 5 heteroatoms. The fourth-order valence-electron chi connectivity index (χ4n) is 2.57. The largest absolute Gasteiger partial charge is 0.378 e. The fourth-order valence-corrected chi connectivity index (χ4v) is 3.77. The Balaban J connectivity index is 1.68. The Bertz CT molecular complexity index is 572. The van der Waals surface area contributed by atoms with E-state index in [1.807, 2.05) is 0 Å². The first-order valence-electron chi connectivity index (χ1n) is 6.68. The highest BCUT2D eigenvalue weighted by Crippen LogP contribution is 2.29. The smallest absolute Gasteiger partial charge is 0.183 e. The Morgan fingerprint density at radius 2 is 2.42 bits per heavy atom. The molecule has 1 aromatic carbocycles. The number of anilines is 1. The fraction of sp³-hybridized carbons (Fsp3) is 0.500. The van der Waals surface area contributed by atoms with Crippen LogP contribution in [-0.4, -0.2) is 24.2 Å². The molecule has 0 bridgehead atoms. The quantitative estimate of drug-likeness (QED) is 0.901. The van der Waals surface area contributed by atoms with E-state index in [1.54, 1.807) is 11.3 Å². The minimum Gasteiger partial charge on any atom is -0.378 e. The van der Waals surface area contributed by atoms with Crippen LogP contribution in [-0.2, 0) is 4.74 Å². The SMILES string of the molecule is CCC1OCCC1CNc1nc2cc(Br)ccc2s1. The van der Waals surface area contributed by atoms with Crippen LogP contribution in [0.4, 0.5) is 5.13 Å². The van der Waals surface area contributed by atoms with Gasteiger partial charge in [-0.25, -0.2) is 4.98 Å². The number of rotatable bonds is 4. The molecule has 3 rings (SSSR count). The lowest BCUT2D eigenvalue weighted by Gasteiger charge is -2.16. The van der Waals surface area contributed by atoms with Gasteiger partial charge in [-0.1, -0.05) is 34.2 Å². The van der Waals surface area contributed by atoms with Crippen molar-refractivity contribution in [2.45, 2.75) is 25.9 Å². The number of fused-ring (bicyclic) bond motifs is 1. The molecule has 2 heterocycles. The average Bonchev–Trinajstić information content (AvgIpc) is 3.01. The topological polar surface area (TPSA) is 34.1 Å². The second kappa shape index (κ2) is 5.77. The molecule has 3 nitrogen and oxygen atoms in total. The van der Waals surface area contributed by atoms with Crippen LogP contribution in [0.3, 0.4) is 0 Å². The summed E-state index contributed by atoms with van der Waals surface area (Å²) >= 11 is 5.19. The van der Waals surface area contributed by atoms with Crippen molar-refractivity contribution >= 4 is 42.6 Å². The lowest BCUT2D eigenvalue weighted by molar-refractivity contribution is 0.0900. The number of thiazole rings is 1. The summed E-state index contributed by atoms with van der Waals surface area (Å²) in [5.74, 6) is 0.615. The molecule has 2 atom stereocenters. The van der Waals surface area contributed by atoms with E-state index in [4.69, 9.17) is 4.74 Å². The van der Waals surface area contributed by atoms with Crippen LogP contribution in [0, 0.1) is 5.92 Å². The normalized spacial score (nSPS) is 23.1. The summed E-state index contributed by atoms with van der Waals surface area (Å²) in [5.41, 5.74) is 1.05. The molecule has 1 saturated heterocycles. The Morgan fingerprint density at radius 3 is 3.26 bits per heavy atom. The molecule has 2 aromatic rings. The van der Waals surface area contributed by atoms with Crippen molar-refractivity contribution in [3.05, 3.63) is 22.7 Å². The lowest BCUT2D eigenvalue weighted by Crippen LogP contribution is -2.22. The summed E-state index contributed by atoms with van der Waals surface area (Å²) in [6, 6.07) is 6.22. The summed E-state index contributed by atoms with van der Waals surface area (Å²) in [7, 11) is 0. The molecular weight excluding hydrogens is 324 g/mol. The molecule has 1 aliphatic heterocycles. The van der Waals surface area contributed by atoms with Gasteiger partial charge in [0.25, 0.3) is 0 Å². The number of ether oxygens (including phenoxy) is 1. The van der Waals surface area contributed by atoms with Crippen molar-refractivity contribution in [3.63, 3.8) is 0 Å². The monoisotopic (exact) mass is 340 g/mol. The molecule has 1 aliphatic rings. The maximum atomic E-state index is 5.71. The first-order valence-corrected chi connectivity index (χ1v) is 8.29. The number of hydrogen-bond acceptors (Lipinski definition) is 4. The van der Waals surface area contributed by atoms with Gasteiger partial charge in [0.1, 0.15) is 0 Å². The van der Waals surface area contributed by atoms with Gasteiger partial charge in [-0.3, -0.25) is 0 Å². The van der Waals surface area contributed by atoms with E-state index in [2.05, 4.69) is 51.4 Å². The van der Waals surface area contributed by atoms with Crippen molar-refractivity contribution in [2.24, 2.45) is 5.92 Å². The van der Waals surface area contributed by atoms with Crippen LogP contribution in [0.5, 0.6) is 0 Å². The third-order valence-corrected chi connectivity index (χ3v) is 5.10. The van der Waals surface area contributed by atoms with E-state index in [1.165, 1.54) is 4.70 Å². The number of nitrogens with zero attached hydrogens (tertiary/aromatic N) is 1. The highest BCUT2D eigenvalue weighted by Gasteiger charge is 2.26. The van der Waals surface area contributed by atoms with Crippen LogP contribution in [0.1, 0.15) is 19.8 Å². The Kier molecular flexibility index (Phi) is 4.05.